The van der Waals surface area contributed by atoms with Crippen LogP contribution in [-0.4, -0.2) is 17.7 Å². The van der Waals surface area contributed by atoms with E-state index in [0.29, 0.717) is 0 Å². The number of hydrogen-bond acceptors (Lipinski definition) is 2. The molecule has 19 heavy (non-hydrogen) atoms. The monoisotopic (exact) mass is 254 g/mol. The second-order valence-electron chi connectivity index (χ2n) is 5.04. The van der Waals surface area contributed by atoms with Crippen molar-refractivity contribution in [3.05, 3.63) is 42.6 Å². The Morgan fingerprint density at radius 2 is 1.89 bits per heavy atom. The Bertz CT molecular complexity index is 728. The predicted octanol–water partition coefficient (Wildman–Crippen LogP) is 3.15. The quantitative estimate of drug-likeness (QED) is 0.780. The zero-order chi connectivity index (χ0) is 13.4. The van der Waals surface area contributed by atoms with E-state index < -0.39 is 0 Å². The first-order chi connectivity index (χ1) is 9.19. The lowest BCUT2D eigenvalue weighted by molar-refractivity contribution is 0.415. The highest BCUT2D eigenvalue weighted by atomic mass is 16.5. The maximum absolute atomic E-state index is 5.93. The summed E-state index contributed by atoms with van der Waals surface area (Å²) in [6.07, 6.45) is 2.10. The van der Waals surface area contributed by atoms with Gasteiger partial charge in [-0.3, -0.25) is 0 Å². The van der Waals surface area contributed by atoms with Gasteiger partial charge in [0.1, 0.15) is 5.75 Å². The van der Waals surface area contributed by atoms with Crippen molar-refractivity contribution in [2.75, 3.05) is 7.11 Å². The summed E-state index contributed by atoms with van der Waals surface area (Å²) in [5.41, 5.74) is 7.16. The fraction of sp³-hybridized carbons (Fsp3) is 0.250. The van der Waals surface area contributed by atoms with Gasteiger partial charge in [0, 0.05) is 29.6 Å². The summed E-state index contributed by atoms with van der Waals surface area (Å²) < 4.78 is 7.56. The largest absolute Gasteiger partial charge is 0.497 e. The van der Waals surface area contributed by atoms with E-state index in [1.807, 2.05) is 13.0 Å². The van der Waals surface area contributed by atoms with Crippen LogP contribution >= 0.6 is 0 Å². The summed E-state index contributed by atoms with van der Waals surface area (Å²) >= 11 is 0. The highest BCUT2D eigenvalue weighted by Gasteiger charge is 2.08. The van der Waals surface area contributed by atoms with E-state index in [4.69, 9.17) is 10.5 Å². The van der Waals surface area contributed by atoms with Crippen LogP contribution < -0.4 is 10.5 Å². The van der Waals surface area contributed by atoms with Gasteiger partial charge in [0.15, 0.2) is 0 Å². The van der Waals surface area contributed by atoms with Crippen LogP contribution in [0.4, 0.5) is 0 Å². The van der Waals surface area contributed by atoms with E-state index in [2.05, 4.69) is 41.1 Å². The molecule has 3 rings (SSSR count). The molecule has 0 saturated heterocycles. The van der Waals surface area contributed by atoms with Gasteiger partial charge in [-0.05, 0) is 30.5 Å². The Morgan fingerprint density at radius 3 is 2.63 bits per heavy atom. The van der Waals surface area contributed by atoms with Gasteiger partial charge in [-0.2, -0.15) is 0 Å². The molecular formula is C16H18N2O. The van der Waals surface area contributed by atoms with Crippen LogP contribution in [-0.2, 0) is 6.54 Å². The van der Waals surface area contributed by atoms with Crippen LogP contribution in [0, 0.1) is 0 Å². The number of benzene rings is 2. The topological polar surface area (TPSA) is 40.2 Å². The van der Waals surface area contributed by atoms with Gasteiger partial charge < -0.3 is 15.0 Å². The molecule has 0 aliphatic heterocycles. The first-order valence-electron chi connectivity index (χ1n) is 6.50. The molecule has 0 aliphatic carbocycles. The molecule has 3 nitrogen and oxygen atoms in total. The van der Waals surface area contributed by atoms with E-state index in [1.54, 1.807) is 7.11 Å². The minimum atomic E-state index is 0.136. The first-order valence-corrected chi connectivity index (χ1v) is 6.50. The SMILES string of the molecule is COc1ccc2ccc3ccn(C[C@H](C)N)c3c2c1. The maximum atomic E-state index is 5.93. The molecule has 0 aliphatic rings. The summed E-state index contributed by atoms with van der Waals surface area (Å²) in [7, 11) is 1.70. The van der Waals surface area contributed by atoms with Gasteiger partial charge in [0.2, 0.25) is 0 Å². The summed E-state index contributed by atoms with van der Waals surface area (Å²) in [6.45, 7) is 2.84. The standard InChI is InChI=1S/C16H18N2O/c1-11(17)10-18-8-7-13-4-3-12-5-6-14(19-2)9-15(12)16(13)18/h3-9,11H,10,17H2,1-2H3/t11-/m0/s1. The molecule has 2 aromatic carbocycles. The molecule has 0 unspecified atom stereocenters. The number of nitrogens with two attached hydrogens (primary N) is 1. The van der Waals surface area contributed by atoms with Crippen LogP contribution in [0.5, 0.6) is 5.75 Å². The number of fused-ring (bicyclic) bond motifs is 3. The molecule has 2 N–H and O–H groups in total. The summed E-state index contributed by atoms with van der Waals surface area (Å²) in [4.78, 5) is 0. The van der Waals surface area contributed by atoms with Crippen LogP contribution in [0.15, 0.2) is 42.6 Å². The molecule has 1 aromatic heterocycles. The normalized spacial score (nSPS) is 13.0. The lowest BCUT2D eigenvalue weighted by Crippen LogP contribution is -2.21. The lowest BCUT2D eigenvalue weighted by Gasteiger charge is -2.11. The van der Waals surface area contributed by atoms with Gasteiger partial charge in [0.25, 0.3) is 0 Å². The predicted molar refractivity (Wildman–Crippen MR) is 79.6 cm³/mol. The van der Waals surface area contributed by atoms with Crippen molar-refractivity contribution < 1.29 is 4.74 Å². The van der Waals surface area contributed by atoms with Crippen molar-refractivity contribution in [1.29, 1.82) is 0 Å². The third-order valence-electron chi connectivity index (χ3n) is 3.44. The Balaban J connectivity index is 2.32. The molecule has 98 valence electrons. The van der Waals surface area contributed by atoms with Crippen molar-refractivity contribution in [3.63, 3.8) is 0 Å². The third-order valence-corrected chi connectivity index (χ3v) is 3.44. The molecule has 1 heterocycles. The van der Waals surface area contributed by atoms with Crippen molar-refractivity contribution in [2.45, 2.75) is 19.5 Å². The fourth-order valence-electron chi connectivity index (χ4n) is 2.59. The molecule has 3 heteroatoms. The number of hydrogen-bond donors (Lipinski definition) is 1. The number of aromatic nitrogens is 1. The van der Waals surface area contributed by atoms with E-state index in [9.17, 15) is 0 Å². The maximum Gasteiger partial charge on any atom is 0.119 e. The molecule has 0 saturated carbocycles. The van der Waals surface area contributed by atoms with Crippen LogP contribution in [0.1, 0.15) is 6.92 Å². The second-order valence-corrected chi connectivity index (χ2v) is 5.04. The second kappa shape index (κ2) is 4.59. The van der Waals surface area contributed by atoms with Gasteiger partial charge in [-0.25, -0.2) is 0 Å². The van der Waals surface area contributed by atoms with Gasteiger partial charge in [0.05, 0.1) is 12.6 Å². The zero-order valence-electron chi connectivity index (χ0n) is 11.3. The average molecular weight is 254 g/mol. The Labute approximate surface area is 112 Å². The van der Waals surface area contributed by atoms with Gasteiger partial charge >= 0.3 is 0 Å². The van der Waals surface area contributed by atoms with Crippen molar-refractivity contribution in [1.82, 2.24) is 4.57 Å². The highest BCUT2D eigenvalue weighted by Crippen LogP contribution is 2.29. The van der Waals surface area contributed by atoms with Crippen LogP contribution in [0.3, 0.4) is 0 Å². The average Bonchev–Trinajstić information content (AvgIpc) is 2.81. The summed E-state index contributed by atoms with van der Waals surface area (Å²) in [5, 5.41) is 3.67. The molecule has 0 spiro atoms. The van der Waals surface area contributed by atoms with E-state index in [-0.39, 0.29) is 6.04 Å². The molecule has 0 amide bonds. The third kappa shape index (κ3) is 2.06. The zero-order valence-corrected chi connectivity index (χ0v) is 11.3. The van der Waals surface area contributed by atoms with Crippen molar-refractivity contribution in [3.8, 4) is 5.75 Å². The highest BCUT2D eigenvalue weighted by molar-refractivity contribution is 6.06. The Morgan fingerprint density at radius 1 is 1.16 bits per heavy atom. The number of ether oxygens (including phenoxy) is 1. The summed E-state index contributed by atoms with van der Waals surface area (Å²) in [6, 6.07) is 12.8. The van der Waals surface area contributed by atoms with E-state index in [1.165, 1.54) is 21.7 Å². The molecule has 0 radical (unpaired) electrons. The first kappa shape index (κ1) is 12.1. The van der Waals surface area contributed by atoms with Crippen molar-refractivity contribution >= 4 is 21.7 Å². The minimum absolute atomic E-state index is 0.136. The number of methoxy groups -OCH3 is 1. The number of nitrogens with zero attached hydrogens (tertiary/aromatic N) is 1. The molecule has 3 aromatic rings. The smallest absolute Gasteiger partial charge is 0.119 e. The van der Waals surface area contributed by atoms with E-state index in [0.717, 1.165) is 12.3 Å². The van der Waals surface area contributed by atoms with Crippen LogP contribution in [0.25, 0.3) is 21.7 Å². The lowest BCUT2D eigenvalue weighted by atomic mass is 10.1. The fourth-order valence-corrected chi connectivity index (χ4v) is 2.59. The Kier molecular flexibility index (Phi) is 2.91. The van der Waals surface area contributed by atoms with Crippen LogP contribution in [0.2, 0.25) is 0 Å². The molecule has 1 atom stereocenters. The minimum Gasteiger partial charge on any atom is -0.497 e. The number of rotatable bonds is 3. The van der Waals surface area contributed by atoms with Crippen molar-refractivity contribution in [2.24, 2.45) is 5.73 Å². The Hall–Kier alpha value is -2.00. The molecular weight excluding hydrogens is 236 g/mol. The molecule has 0 bridgehead atoms. The molecule has 0 fully saturated rings. The van der Waals surface area contributed by atoms with Gasteiger partial charge in [-0.15, -0.1) is 0 Å². The van der Waals surface area contributed by atoms with E-state index >= 15 is 0 Å². The van der Waals surface area contributed by atoms with Gasteiger partial charge in [-0.1, -0.05) is 18.2 Å². The summed E-state index contributed by atoms with van der Waals surface area (Å²) in [5.74, 6) is 0.883.